The minimum atomic E-state index is 0.615. The Labute approximate surface area is 145 Å². The molecule has 2 aromatic rings. The molecule has 2 nitrogen and oxygen atoms in total. The van der Waals surface area contributed by atoms with Crippen molar-refractivity contribution in [2.75, 3.05) is 13.7 Å². The molecule has 0 aliphatic heterocycles. The molecule has 0 unspecified atom stereocenters. The van der Waals surface area contributed by atoms with Crippen molar-refractivity contribution in [1.82, 2.24) is 0 Å². The fraction of sp³-hybridized carbons (Fsp3) is 0.273. The zero-order valence-electron chi connectivity index (χ0n) is 15.0. The molecule has 0 aliphatic rings. The zero-order chi connectivity index (χ0) is 17.4. The Balaban J connectivity index is 2.03. The first-order valence-corrected chi connectivity index (χ1v) is 8.21. The Kier molecular flexibility index (Phi) is 6.83. The van der Waals surface area contributed by atoms with E-state index in [0.717, 1.165) is 5.75 Å². The van der Waals surface area contributed by atoms with E-state index in [9.17, 15) is 0 Å². The predicted molar refractivity (Wildman–Crippen MR) is 102 cm³/mol. The van der Waals surface area contributed by atoms with Gasteiger partial charge in [-0.2, -0.15) is 0 Å². The van der Waals surface area contributed by atoms with Crippen LogP contribution in [-0.4, -0.2) is 13.7 Å². The summed E-state index contributed by atoms with van der Waals surface area (Å²) in [7, 11) is 1.71. The molecular formula is C22H26O2. The Morgan fingerprint density at radius 2 is 1.58 bits per heavy atom. The van der Waals surface area contributed by atoms with Gasteiger partial charge in [0.1, 0.15) is 12.4 Å². The van der Waals surface area contributed by atoms with Crippen molar-refractivity contribution in [1.29, 1.82) is 0 Å². The van der Waals surface area contributed by atoms with Crippen LogP contribution in [0.4, 0.5) is 0 Å². The molecule has 126 valence electrons. The maximum atomic E-state index is 5.70. The van der Waals surface area contributed by atoms with Crippen molar-refractivity contribution in [3.63, 3.8) is 0 Å². The van der Waals surface area contributed by atoms with Crippen molar-refractivity contribution < 1.29 is 9.47 Å². The topological polar surface area (TPSA) is 18.5 Å². The highest BCUT2D eigenvalue weighted by Crippen LogP contribution is 2.21. The van der Waals surface area contributed by atoms with Crippen LogP contribution in [-0.2, 0) is 11.3 Å². The van der Waals surface area contributed by atoms with Crippen molar-refractivity contribution in [2.24, 2.45) is 0 Å². The van der Waals surface area contributed by atoms with E-state index in [1.807, 2.05) is 12.1 Å². The molecule has 0 atom stereocenters. The van der Waals surface area contributed by atoms with E-state index >= 15 is 0 Å². The van der Waals surface area contributed by atoms with Gasteiger partial charge in [-0.05, 0) is 61.2 Å². The summed E-state index contributed by atoms with van der Waals surface area (Å²) < 4.78 is 10.8. The lowest BCUT2D eigenvalue weighted by Gasteiger charge is -2.07. The number of hydrogen-bond acceptors (Lipinski definition) is 2. The highest BCUT2D eigenvalue weighted by molar-refractivity contribution is 5.80. The van der Waals surface area contributed by atoms with Gasteiger partial charge in [0.25, 0.3) is 0 Å². The number of ether oxygens (including phenoxy) is 2. The Hall–Kier alpha value is -2.32. The summed E-state index contributed by atoms with van der Waals surface area (Å²) in [4.78, 5) is 0. The van der Waals surface area contributed by atoms with Crippen LogP contribution in [0.3, 0.4) is 0 Å². The highest BCUT2D eigenvalue weighted by Gasteiger charge is 1.99. The molecule has 0 aliphatic carbocycles. The first-order chi connectivity index (χ1) is 11.6. The van der Waals surface area contributed by atoms with Crippen molar-refractivity contribution in [3.8, 4) is 5.75 Å². The van der Waals surface area contributed by atoms with Gasteiger partial charge < -0.3 is 9.47 Å². The molecular weight excluding hydrogens is 296 g/mol. The minimum Gasteiger partial charge on any atom is -0.490 e. The second kappa shape index (κ2) is 9.09. The molecule has 0 saturated carbocycles. The summed E-state index contributed by atoms with van der Waals surface area (Å²) in [6.45, 7) is 7.54. The molecule has 0 N–H and O–H groups in total. The molecule has 0 amide bonds. The SMILES string of the molecule is COCc1ccc(C=C(C)c2ccc(OCC=C(C)C)cc2)cc1. The Morgan fingerprint density at radius 1 is 0.917 bits per heavy atom. The lowest BCUT2D eigenvalue weighted by molar-refractivity contribution is 0.185. The van der Waals surface area contributed by atoms with Gasteiger partial charge in [-0.15, -0.1) is 0 Å². The first-order valence-electron chi connectivity index (χ1n) is 8.21. The summed E-state index contributed by atoms with van der Waals surface area (Å²) in [6.07, 6.45) is 4.27. The number of rotatable bonds is 7. The maximum absolute atomic E-state index is 5.70. The minimum absolute atomic E-state index is 0.615. The van der Waals surface area contributed by atoms with E-state index < -0.39 is 0 Å². The third-order valence-corrected chi connectivity index (χ3v) is 3.73. The Bertz CT molecular complexity index is 688. The highest BCUT2D eigenvalue weighted by atomic mass is 16.5. The summed E-state index contributed by atoms with van der Waals surface area (Å²) in [5.74, 6) is 0.896. The van der Waals surface area contributed by atoms with E-state index in [4.69, 9.17) is 9.47 Å². The largest absolute Gasteiger partial charge is 0.490 e. The van der Waals surface area contributed by atoms with Gasteiger partial charge in [-0.3, -0.25) is 0 Å². The summed E-state index contributed by atoms with van der Waals surface area (Å²) in [5, 5.41) is 0. The molecule has 0 radical (unpaired) electrons. The molecule has 0 spiro atoms. The smallest absolute Gasteiger partial charge is 0.119 e. The molecule has 2 aromatic carbocycles. The van der Waals surface area contributed by atoms with Gasteiger partial charge in [0.15, 0.2) is 0 Å². The third kappa shape index (κ3) is 5.71. The molecule has 0 fully saturated rings. The van der Waals surface area contributed by atoms with Gasteiger partial charge >= 0.3 is 0 Å². The van der Waals surface area contributed by atoms with Crippen LogP contribution in [0.1, 0.15) is 37.5 Å². The van der Waals surface area contributed by atoms with Crippen molar-refractivity contribution in [3.05, 3.63) is 76.9 Å². The standard InChI is InChI=1S/C22H26O2/c1-17(2)13-14-24-22-11-9-21(10-12-22)18(3)15-19-5-7-20(8-6-19)16-23-4/h5-13,15H,14,16H2,1-4H3. The van der Waals surface area contributed by atoms with Gasteiger partial charge in [-0.25, -0.2) is 0 Å². The lowest BCUT2D eigenvalue weighted by Crippen LogP contribution is -1.94. The molecule has 0 saturated heterocycles. The monoisotopic (exact) mass is 322 g/mol. The molecule has 0 bridgehead atoms. The first kappa shape index (κ1) is 18.0. The molecule has 2 rings (SSSR count). The average Bonchev–Trinajstić information content (AvgIpc) is 2.57. The fourth-order valence-corrected chi connectivity index (χ4v) is 2.33. The van der Waals surface area contributed by atoms with Gasteiger partial charge in [0.2, 0.25) is 0 Å². The Morgan fingerprint density at radius 3 is 2.17 bits per heavy atom. The molecule has 24 heavy (non-hydrogen) atoms. The maximum Gasteiger partial charge on any atom is 0.119 e. The van der Waals surface area contributed by atoms with Crippen LogP contribution in [0.2, 0.25) is 0 Å². The summed E-state index contributed by atoms with van der Waals surface area (Å²) >= 11 is 0. The van der Waals surface area contributed by atoms with E-state index in [1.54, 1.807) is 7.11 Å². The summed E-state index contributed by atoms with van der Waals surface area (Å²) in [6, 6.07) is 16.7. The van der Waals surface area contributed by atoms with Crippen LogP contribution < -0.4 is 4.74 Å². The molecule has 2 heteroatoms. The van der Waals surface area contributed by atoms with E-state index in [1.165, 1.54) is 27.8 Å². The molecule has 0 heterocycles. The predicted octanol–water partition coefficient (Wildman–Crippen LogP) is 5.74. The van der Waals surface area contributed by atoms with Crippen molar-refractivity contribution >= 4 is 11.6 Å². The number of methoxy groups -OCH3 is 1. The lowest BCUT2D eigenvalue weighted by atomic mass is 10.0. The average molecular weight is 322 g/mol. The summed E-state index contributed by atoms with van der Waals surface area (Å²) in [5.41, 5.74) is 6.07. The third-order valence-electron chi connectivity index (χ3n) is 3.73. The fourth-order valence-electron chi connectivity index (χ4n) is 2.33. The van der Waals surface area contributed by atoms with Crippen LogP contribution in [0.15, 0.2) is 60.2 Å². The second-order valence-electron chi connectivity index (χ2n) is 6.12. The van der Waals surface area contributed by atoms with Crippen LogP contribution in [0.25, 0.3) is 11.6 Å². The number of benzene rings is 2. The number of hydrogen-bond donors (Lipinski definition) is 0. The van der Waals surface area contributed by atoms with Gasteiger partial charge in [0.05, 0.1) is 6.61 Å². The normalized spacial score (nSPS) is 11.2. The van der Waals surface area contributed by atoms with E-state index in [2.05, 4.69) is 69.3 Å². The van der Waals surface area contributed by atoms with Gasteiger partial charge in [0, 0.05) is 7.11 Å². The quantitative estimate of drug-likeness (QED) is 0.478. The molecule has 0 aromatic heterocycles. The van der Waals surface area contributed by atoms with Crippen molar-refractivity contribution in [2.45, 2.75) is 27.4 Å². The van der Waals surface area contributed by atoms with Crippen LogP contribution >= 0.6 is 0 Å². The van der Waals surface area contributed by atoms with Crippen LogP contribution in [0, 0.1) is 0 Å². The zero-order valence-corrected chi connectivity index (χ0v) is 15.0. The van der Waals surface area contributed by atoms with Crippen LogP contribution in [0.5, 0.6) is 5.75 Å². The number of allylic oxidation sites excluding steroid dienone is 2. The van der Waals surface area contributed by atoms with Gasteiger partial charge in [-0.1, -0.05) is 48.0 Å². The van der Waals surface area contributed by atoms with E-state index in [-0.39, 0.29) is 0 Å². The second-order valence-corrected chi connectivity index (χ2v) is 6.12. The van der Waals surface area contributed by atoms with E-state index in [0.29, 0.717) is 13.2 Å².